The number of rotatable bonds is 5. The number of halogens is 2. The molecule has 0 fully saturated rings. The fraction of sp³-hybridized carbons (Fsp3) is 0.125. The van der Waals surface area contributed by atoms with Gasteiger partial charge in [0.05, 0.1) is 6.54 Å². The predicted octanol–water partition coefficient (Wildman–Crippen LogP) is 2.86. The fourth-order valence-corrected chi connectivity index (χ4v) is 1.99. The maximum absolute atomic E-state index is 12.7. The average molecular weight is 321 g/mol. The van der Waals surface area contributed by atoms with Crippen LogP contribution in [-0.2, 0) is 9.59 Å². The van der Waals surface area contributed by atoms with Crippen LogP contribution in [0.3, 0.4) is 0 Å². The largest absolute Gasteiger partial charge is 0.345 e. The lowest BCUT2D eigenvalue weighted by Crippen LogP contribution is -2.34. The third-order valence-electron chi connectivity index (χ3n) is 2.87. The smallest absolute Gasteiger partial charge is 0.243 e. The first-order chi connectivity index (χ1) is 10.6. The van der Waals surface area contributed by atoms with Crippen LogP contribution in [0.15, 0.2) is 54.6 Å². The van der Waals surface area contributed by atoms with E-state index in [9.17, 15) is 14.0 Å². The molecule has 1 unspecified atom stereocenters. The summed E-state index contributed by atoms with van der Waals surface area (Å²) in [5.41, 5.74) is 1.10. The number of carbonyl (C=O) groups is 2. The van der Waals surface area contributed by atoms with Gasteiger partial charge in [-0.15, -0.1) is 11.6 Å². The lowest BCUT2D eigenvalue weighted by atomic mass is 10.1. The molecule has 0 aromatic heterocycles. The summed E-state index contributed by atoms with van der Waals surface area (Å²) in [6.45, 7) is -0.216. The summed E-state index contributed by atoms with van der Waals surface area (Å²) in [7, 11) is 0. The topological polar surface area (TPSA) is 58.2 Å². The first-order valence-electron chi connectivity index (χ1n) is 6.58. The summed E-state index contributed by atoms with van der Waals surface area (Å²) in [5, 5.41) is 4.13. The van der Waals surface area contributed by atoms with Crippen molar-refractivity contribution >= 4 is 29.1 Å². The molecule has 0 aliphatic heterocycles. The van der Waals surface area contributed by atoms with Crippen molar-refractivity contribution in [2.75, 3.05) is 11.9 Å². The van der Waals surface area contributed by atoms with Gasteiger partial charge in [-0.2, -0.15) is 0 Å². The zero-order valence-electron chi connectivity index (χ0n) is 11.6. The highest BCUT2D eigenvalue weighted by Gasteiger charge is 2.17. The van der Waals surface area contributed by atoms with Crippen molar-refractivity contribution in [2.24, 2.45) is 0 Å². The molecule has 2 amide bonds. The second-order valence-electron chi connectivity index (χ2n) is 4.55. The van der Waals surface area contributed by atoms with Crippen molar-refractivity contribution < 1.29 is 14.0 Å². The van der Waals surface area contributed by atoms with Gasteiger partial charge in [0.15, 0.2) is 0 Å². The highest BCUT2D eigenvalue weighted by atomic mass is 35.5. The van der Waals surface area contributed by atoms with E-state index in [-0.39, 0.29) is 12.4 Å². The average Bonchev–Trinajstić information content (AvgIpc) is 2.55. The Kier molecular flexibility index (Phi) is 5.49. The molecule has 22 heavy (non-hydrogen) atoms. The van der Waals surface area contributed by atoms with E-state index in [1.165, 1.54) is 24.3 Å². The van der Waals surface area contributed by atoms with E-state index in [4.69, 9.17) is 11.6 Å². The van der Waals surface area contributed by atoms with Crippen LogP contribution in [0.25, 0.3) is 0 Å². The monoisotopic (exact) mass is 320 g/mol. The summed E-state index contributed by atoms with van der Waals surface area (Å²) >= 11 is 6.03. The van der Waals surface area contributed by atoms with Gasteiger partial charge in [0.1, 0.15) is 11.2 Å². The Bertz CT molecular complexity index is 647. The number of hydrogen-bond donors (Lipinski definition) is 2. The molecule has 2 aromatic rings. The Morgan fingerprint density at radius 3 is 2.32 bits per heavy atom. The Morgan fingerprint density at radius 1 is 1.05 bits per heavy atom. The quantitative estimate of drug-likeness (QED) is 0.832. The number of anilines is 1. The van der Waals surface area contributed by atoms with Crippen LogP contribution < -0.4 is 10.6 Å². The molecule has 114 valence electrons. The van der Waals surface area contributed by atoms with Crippen molar-refractivity contribution in [2.45, 2.75) is 5.38 Å². The molecule has 2 rings (SSSR count). The zero-order chi connectivity index (χ0) is 15.9. The maximum atomic E-state index is 12.7. The molecule has 0 heterocycles. The molecule has 0 aliphatic rings. The molecular formula is C16H14ClFN2O2. The Balaban J connectivity index is 1.83. The van der Waals surface area contributed by atoms with Crippen LogP contribution in [0.4, 0.5) is 10.1 Å². The second kappa shape index (κ2) is 7.56. The van der Waals surface area contributed by atoms with E-state index >= 15 is 0 Å². The minimum Gasteiger partial charge on any atom is -0.345 e. The van der Waals surface area contributed by atoms with Crippen LogP contribution in [0, 0.1) is 5.82 Å². The Morgan fingerprint density at radius 2 is 1.68 bits per heavy atom. The first-order valence-corrected chi connectivity index (χ1v) is 7.02. The fourth-order valence-electron chi connectivity index (χ4n) is 1.77. The van der Waals surface area contributed by atoms with Crippen LogP contribution in [0.1, 0.15) is 10.9 Å². The summed E-state index contributed by atoms with van der Waals surface area (Å²) in [6.07, 6.45) is 0. The molecule has 2 N–H and O–H groups in total. The summed E-state index contributed by atoms with van der Waals surface area (Å²) in [4.78, 5) is 23.6. The van der Waals surface area contributed by atoms with Crippen LogP contribution in [0.5, 0.6) is 0 Å². The number of carbonyl (C=O) groups excluding carboxylic acids is 2. The molecule has 6 heteroatoms. The predicted molar refractivity (Wildman–Crippen MR) is 83.1 cm³/mol. The number of amides is 2. The number of benzene rings is 2. The van der Waals surface area contributed by atoms with Crippen molar-refractivity contribution in [3.05, 3.63) is 66.0 Å². The van der Waals surface area contributed by atoms with Gasteiger partial charge in [-0.05, 0) is 29.8 Å². The van der Waals surface area contributed by atoms with Gasteiger partial charge in [0.2, 0.25) is 11.8 Å². The molecule has 0 spiro atoms. The SMILES string of the molecule is O=C(CNC(=O)C(Cl)c1ccccc1)Nc1ccc(F)cc1. The highest BCUT2D eigenvalue weighted by Crippen LogP contribution is 2.19. The lowest BCUT2D eigenvalue weighted by molar-refractivity contribution is -0.124. The Labute approximate surface area is 132 Å². The van der Waals surface area contributed by atoms with E-state index < -0.39 is 17.2 Å². The van der Waals surface area contributed by atoms with Gasteiger partial charge in [-0.1, -0.05) is 30.3 Å². The van der Waals surface area contributed by atoms with E-state index in [0.29, 0.717) is 11.3 Å². The third kappa shape index (κ3) is 4.56. The first kappa shape index (κ1) is 16.0. The van der Waals surface area contributed by atoms with Gasteiger partial charge in [0.25, 0.3) is 0 Å². The molecule has 1 atom stereocenters. The van der Waals surface area contributed by atoms with Gasteiger partial charge >= 0.3 is 0 Å². The normalized spacial score (nSPS) is 11.5. The Hall–Kier alpha value is -2.40. The van der Waals surface area contributed by atoms with Gasteiger partial charge in [-0.25, -0.2) is 4.39 Å². The molecule has 2 aromatic carbocycles. The number of nitrogens with one attached hydrogen (secondary N) is 2. The summed E-state index contributed by atoms with van der Waals surface area (Å²) < 4.78 is 12.7. The zero-order valence-corrected chi connectivity index (χ0v) is 12.3. The van der Waals surface area contributed by atoms with Crippen molar-refractivity contribution in [3.63, 3.8) is 0 Å². The highest BCUT2D eigenvalue weighted by molar-refractivity contribution is 6.30. The minimum atomic E-state index is -0.861. The molecule has 0 radical (unpaired) electrons. The molecule has 0 saturated heterocycles. The van der Waals surface area contributed by atoms with Gasteiger partial charge < -0.3 is 10.6 Å². The van der Waals surface area contributed by atoms with E-state index in [1.54, 1.807) is 24.3 Å². The van der Waals surface area contributed by atoms with Crippen molar-refractivity contribution in [3.8, 4) is 0 Å². The molecular weight excluding hydrogens is 307 g/mol. The molecule has 0 saturated carbocycles. The molecule has 4 nitrogen and oxygen atoms in total. The van der Waals surface area contributed by atoms with Crippen LogP contribution in [0.2, 0.25) is 0 Å². The van der Waals surface area contributed by atoms with E-state index in [2.05, 4.69) is 10.6 Å². The summed E-state index contributed by atoms with van der Waals surface area (Å²) in [5.74, 6) is -1.27. The lowest BCUT2D eigenvalue weighted by Gasteiger charge is -2.11. The standard InChI is InChI=1S/C16H14ClFN2O2/c17-15(11-4-2-1-3-5-11)16(22)19-10-14(21)20-13-8-6-12(18)7-9-13/h1-9,15H,10H2,(H,19,22)(H,20,21). The summed E-state index contributed by atoms with van der Waals surface area (Å²) in [6, 6.07) is 14.2. The van der Waals surface area contributed by atoms with Crippen LogP contribution in [-0.4, -0.2) is 18.4 Å². The number of hydrogen-bond acceptors (Lipinski definition) is 2. The van der Waals surface area contributed by atoms with Crippen LogP contribution >= 0.6 is 11.6 Å². The minimum absolute atomic E-state index is 0.216. The number of alkyl halides is 1. The maximum Gasteiger partial charge on any atom is 0.243 e. The molecule has 0 aliphatic carbocycles. The molecule has 0 bridgehead atoms. The second-order valence-corrected chi connectivity index (χ2v) is 4.98. The van der Waals surface area contributed by atoms with Crippen molar-refractivity contribution in [1.29, 1.82) is 0 Å². The van der Waals surface area contributed by atoms with Gasteiger partial charge in [-0.3, -0.25) is 9.59 Å². The van der Waals surface area contributed by atoms with E-state index in [0.717, 1.165) is 0 Å². The van der Waals surface area contributed by atoms with Gasteiger partial charge in [0, 0.05) is 5.69 Å². The third-order valence-corrected chi connectivity index (χ3v) is 3.32. The van der Waals surface area contributed by atoms with Crippen molar-refractivity contribution in [1.82, 2.24) is 5.32 Å². The van der Waals surface area contributed by atoms with E-state index in [1.807, 2.05) is 6.07 Å².